The molecule has 6 nitrogen and oxygen atoms in total. The number of halogens is 2. The van der Waals surface area contributed by atoms with Crippen LogP contribution in [0.5, 0.6) is 5.75 Å². The Kier molecular flexibility index (Phi) is 6.32. The van der Waals surface area contributed by atoms with E-state index in [4.69, 9.17) is 27.9 Å². The van der Waals surface area contributed by atoms with Crippen LogP contribution in [-0.2, 0) is 10.0 Å². The number of ether oxygens (including phenoxy) is 1. The highest BCUT2D eigenvalue weighted by atomic mass is 35.5. The van der Waals surface area contributed by atoms with E-state index < -0.39 is 10.0 Å². The normalized spacial score (nSPS) is 11.0. The zero-order valence-electron chi connectivity index (χ0n) is 15.1. The van der Waals surface area contributed by atoms with E-state index in [1.54, 1.807) is 42.5 Å². The molecule has 0 saturated heterocycles. The fourth-order valence-electron chi connectivity index (χ4n) is 2.60. The molecule has 0 fully saturated rings. The molecule has 0 bridgehead atoms. The lowest BCUT2D eigenvalue weighted by atomic mass is 10.2. The van der Waals surface area contributed by atoms with Gasteiger partial charge in [0.2, 0.25) is 0 Å². The van der Waals surface area contributed by atoms with Crippen LogP contribution in [0, 0.1) is 0 Å². The summed E-state index contributed by atoms with van der Waals surface area (Å²) < 4.78 is 32.8. The summed E-state index contributed by atoms with van der Waals surface area (Å²) in [7, 11) is -2.50. The fraction of sp³-hybridized carbons (Fsp3) is 0.0500. The predicted molar refractivity (Wildman–Crippen MR) is 115 cm³/mol. The maximum absolute atomic E-state index is 12.6. The van der Waals surface area contributed by atoms with Crippen molar-refractivity contribution in [3.8, 4) is 5.75 Å². The van der Waals surface area contributed by atoms with Gasteiger partial charge in [-0.15, -0.1) is 0 Å². The standard InChI is InChI=1S/C20H16Cl2N2O4S/c1-28-18-8-3-2-5-15(18)20(25)23-13-9-11-14(12-10-13)24-29(26,27)19-16(21)6-4-7-17(19)22/h2-12,24H,1H3,(H,23,25). The summed E-state index contributed by atoms with van der Waals surface area (Å²) in [6.45, 7) is 0. The highest BCUT2D eigenvalue weighted by Crippen LogP contribution is 2.30. The third-order valence-electron chi connectivity index (χ3n) is 3.93. The predicted octanol–water partition coefficient (Wildman–Crippen LogP) is 5.06. The molecule has 0 aromatic heterocycles. The highest BCUT2D eigenvalue weighted by Gasteiger charge is 2.21. The fourth-order valence-corrected chi connectivity index (χ4v) is 4.80. The Morgan fingerprint density at radius 1 is 0.862 bits per heavy atom. The van der Waals surface area contributed by atoms with Crippen LogP contribution >= 0.6 is 23.2 Å². The number of carbonyl (C=O) groups is 1. The van der Waals surface area contributed by atoms with E-state index in [2.05, 4.69) is 10.0 Å². The van der Waals surface area contributed by atoms with Crippen LogP contribution in [0.25, 0.3) is 0 Å². The molecule has 0 atom stereocenters. The Bertz CT molecular complexity index is 1130. The molecule has 0 heterocycles. The molecule has 0 unspecified atom stereocenters. The molecule has 1 amide bonds. The van der Waals surface area contributed by atoms with Crippen LogP contribution in [0.1, 0.15) is 10.4 Å². The number of benzene rings is 3. The van der Waals surface area contributed by atoms with E-state index in [0.29, 0.717) is 17.0 Å². The molecule has 3 rings (SSSR count). The van der Waals surface area contributed by atoms with Crippen molar-refractivity contribution in [3.63, 3.8) is 0 Å². The molecule has 3 aromatic rings. The van der Waals surface area contributed by atoms with Gasteiger partial charge in [-0.1, -0.05) is 41.4 Å². The summed E-state index contributed by atoms with van der Waals surface area (Å²) in [5, 5.41) is 2.77. The van der Waals surface area contributed by atoms with Crippen LogP contribution in [0.4, 0.5) is 11.4 Å². The number of rotatable bonds is 6. The monoisotopic (exact) mass is 450 g/mol. The Labute approximate surface area is 178 Å². The van der Waals surface area contributed by atoms with Gasteiger partial charge in [-0.3, -0.25) is 9.52 Å². The van der Waals surface area contributed by atoms with Crippen LogP contribution in [0.2, 0.25) is 10.0 Å². The van der Waals surface area contributed by atoms with Gasteiger partial charge < -0.3 is 10.1 Å². The number of hydrogen-bond acceptors (Lipinski definition) is 4. The van der Waals surface area contributed by atoms with Crippen LogP contribution < -0.4 is 14.8 Å². The highest BCUT2D eigenvalue weighted by molar-refractivity contribution is 7.93. The summed E-state index contributed by atoms with van der Waals surface area (Å²) >= 11 is 12.0. The van der Waals surface area contributed by atoms with E-state index in [1.807, 2.05) is 0 Å². The van der Waals surface area contributed by atoms with Crippen molar-refractivity contribution < 1.29 is 17.9 Å². The molecule has 3 aromatic carbocycles. The van der Waals surface area contributed by atoms with Gasteiger partial charge in [0.05, 0.1) is 22.7 Å². The average molecular weight is 451 g/mol. The Morgan fingerprint density at radius 2 is 1.45 bits per heavy atom. The lowest BCUT2D eigenvalue weighted by molar-refractivity contribution is 0.102. The minimum Gasteiger partial charge on any atom is -0.496 e. The molecule has 0 radical (unpaired) electrons. The zero-order chi connectivity index (χ0) is 21.0. The lowest BCUT2D eigenvalue weighted by Crippen LogP contribution is -2.15. The van der Waals surface area contributed by atoms with Gasteiger partial charge in [0, 0.05) is 11.4 Å². The van der Waals surface area contributed by atoms with Gasteiger partial charge in [0.15, 0.2) is 0 Å². The molecule has 0 aliphatic rings. The van der Waals surface area contributed by atoms with E-state index in [0.717, 1.165) is 0 Å². The average Bonchev–Trinajstić information content (AvgIpc) is 2.68. The topological polar surface area (TPSA) is 84.5 Å². The molecular formula is C20H16Cl2N2O4S. The number of amides is 1. The molecular weight excluding hydrogens is 435 g/mol. The van der Waals surface area contributed by atoms with Gasteiger partial charge in [-0.2, -0.15) is 0 Å². The van der Waals surface area contributed by atoms with Crippen molar-refractivity contribution in [2.45, 2.75) is 4.90 Å². The molecule has 0 aliphatic heterocycles. The van der Waals surface area contributed by atoms with Crippen molar-refractivity contribution in [2.75, 3.05) is 17.1 Å². The van der Waals surface area contributed by atoms with Gasteiger partial charge in [-0.05, 0) is 48.5 Å². The second-order valence-corrected chi connectivity index (χ2v) is 8.32. The number of anilines is 2. The molecule has 0 saturated carbocycles. The third-order valence-corrected chi connectivity index (χ3v) is 6.27. The number of hydrogen-bond donors (Lipinski definition) is 2. The molecule has 29 heavy (non-hydrogen) atoms. The summed E-state index contributed by atoms with van der Waals surface area (Å²) in [6, 6.07) is 17.4. The van der Waals surface area contributed by atoms with Gasteiger partial charge >= 0.3 is 0 Å². The SMILES string of the molecule is COc1ccccc1C(=O)Nc1ccc(NS(=O)(=O)c2c(Cl)cccc2Cl)cc1. The second kappa shape index (κ2) is 8.73. The Hall–Kier alpha value is -2.74. The number of sulfonamides is 1. The van der Waals surface area contributed by atoms with E-state index in [-0.39, 0.29) is 26.5 Å². The Morgan fingerprint density at radius 3 is 2.07 bits per heavy atom. The number of para-hydroxylation sites is 1. The first-order chi connectivity index (χ1) is 13.8. The smallest absolute Gasteiger partial charge is 0.264 e. The Balaban J connectivity index is 1.76. The third kappa shape index (κ3) is 4.82. The minimum absolute atomic E-state index is 0.0192. The molecule has 0 spiro atoms. The van der Waals surface area contributed by atoms with Crippen molar-refractivity contribution in [3.05, 3.63) is 82.3 Å². The number of methoxy groups -OCH3 is 1. The largest absolute Gasteiger partial charge is 0.496 e. The first-order valence-corrected chi connectivity index (χ1v) is 10.6. The van der Waals surface area contributed by atoms with Gasteiger partial charge in [0.25, 0.3) is 15.9 Å². The van der Waals surface area contributed by atoms with Gasteiger partial charge in [-0.25, -0.2) is 8.42 Å². The maximum Gasteiger partial charge on any atom is 0.264 e. The maximum atomic E-state index is 12.6. The summed E-state index contributed by atoms with van der Waals surface area (Å²) in [5.41, 5.74) is 1.16. The molecule has 2 N–H and O–H groups in total. The molecule has 0 aliphatic carbocycles. The summed E-state index contributed by atoms with van der Waals surface area (Å²) in [6.07, 6.45) is 0. The first-order valence-electron chi connectivity index (χ1n) is 8.33. The molecule has 9 heteroatoms. The van der Waals surface area contributed by atoms with E-state index in [1.165, 1.54) is 31.4 Å². The van der Waals surface area contributed by atoms with Crippen molar-refractivity contribution in [1.82, 2.24) is 0 Å². The van der Waals surface area contributed by atoms with Crippen LogP contribution in [0.15, 0.2) is 71.6 Å². The van der Waals surface area contributed by atoms with Gasteiger partial charge in [0.1, 0.15) is 10.6 Å². The summed E-state index contributed by atoms with van der Waals surface area (Å²) in [4.78, 5) is 12.2. The zero-order valence-corrected chi connectivity index (χ0v) is 17.5. The first kappa shape index (κ1) is 21.0. The second-order valence-electron chi connectivity index (χ2n) is 5.89. The number of nitrogens with one attached hydrogen (secondary N) is 2. The van der Waals surface area contributed by atoms with E-state index >= 15 is 0 Å². The quantitative estimate of drug-likeness (QED) is 0.549. The lowest BCUT2D eigenvalue weighted by Gasteiger charge is -2.12. The summed E-state index contributed by atoms with van der Waals surface area (Å²) in [5.74, 6) is 0.102. The van der Waals surface area contributed by atoms with Crippen molar-refractivity contribution in [1.29, 1.82) is 0 Å². The van der Waals surface area contributed by atoms with Crippen LogP contribution in [0.3, 0.4) is 0 Å². The minimum atomic E-state index is -3.98. The van der Waals surface area contributed by atoms with Crippen molar-refractivity contribution >= 4 is 50.5 Å². The van der Waals surface area contributed by atoms with Crippen LogP contribution in [-0.4, -0.2) is 21.4 Å². The van der Waals surface area contributed by atoms with E-state index in [9.17, 15) is 13.2 Å². The number of carbonyl (C=O) groups excluding carboxylic acids is 1. The van der Waals surface area contributed by atoms with Crippen molar-refractivity contribution in [2.24, 2.45) is 0 Å². The molecule has 150 valence electrons.